The molecule has 108 valence electrons. The zero-order valence-corrected chi connectivity index (χ0v) is 12.2. The van der Waals surface area contributed by atoms with Crippen LogP contribution in [0.3, 0.4) is 0 Å². The van der Waals surface area contributed by atoms with Gasteiger partial charge in [0.15, 0.2) is 0 Å². The van der Waals surface area contributed by atoms with E-state index in [-0.39, 0.29) is 0 Å². The van der Waals surface area contributed by atoms with Gasteiger partial charge in [-0.3, -0.25) is 0 Å². The minimum absolute atomic E-state index is 0.817. The molecule has 0 atom stereocenters. The smallest absolute Gasteiger partial charge is 0.127 e. The molecule has 1 rings (SSSR count). The predicted octanol–water partition coefficient (Wildman–Crippen LogP) is 2.61. The zero-order chi connectivity index (χ0) is 13.9. The minimum atomic E-state index is 0.817. The molecule has 0 bridgehead atoms. The van der Waals surface area contributed by atoms with Gasteiger partial charge < -0.3 is 19.5 Å². The van der Waals surface area contributed by atoms with Crippen LogP contribution in [-0.2, 0) is 11.3 Å². The van der Waals surface area contributed by atoms with Crippen LogP contribution >= 0.6 is 0 Å². The average molecular weight is 267 g/mol. The highest BCUT2D eigenvalue weighted by Gasteiger charge is 2.04. The zero-order valence-electron chi connectivity index (χ0n) is 12.2. The van der Waals surface area contributed by atoms with E-state index >= 15 is 0 Å². The van der Waals surface area contributed by atoms with E-state index in [0.29, 0.717) is 0 Å². The van der Waals surface area contributed by atoms with Crippen LogP contribution < -0.4 is 14.8 Å². The van der Waals surface area contributed by atoms with E-state index in [4.69, 9.17) is 14.2 Å². The molecule has 0 radical (unpaired) electrons. The number of unbranched alkanes of at least 4 members (excludes halogenated alkanes) is 2. The molecule has 1 aromatic rings. The van der Waals surface area contributed by atoms with Crippen LogP contribution in [0.2, 0.25) is 0 Å². The predicted molar refractivity (Wildman–Crippen MR) is 77.0 cm³/mol. The third-order valence-corrected chi connectivity index (χ3v) is 3.01. The van der Waals surface area contributed by atoms with Crippen molar-refractivity contribution in [3.05, 3.63) is 23.8 Å². The quantitative estimate of drug-likeness (QED) is 0.661. The van der Waals surface area contributed by atoms with E-state index in [9.17, 15) is 0 Å². The minimum Gasteiger partial charge on any atom is -0.497 e. The highest BCUT2D eigenvalue weighted by Crippen LogP contribution is 2.24. The Morgan fingerprint density at radius 2 is 1.84 bits per heavy atom. The second-order valence-electron chi connectivity index (χ2n) is 4.41. The Kier molecular flexibility index (Phi) is 8.02. The van der Waals surface area contributed by atoms with Gasteiger partial charge in [0, 0.05) is 31.9 Å². The summed E-state index contributed by atoms with van der Waals surface area (Å²) in [5, 5.41) is 3.43. The number of rotatable bonds is 10. The molecule has 1 aromatic carbocycles. The van der Waals surface area contributed by atoms with Crippen molar-refractivity contribution in [2.75, 3.05) is 34.5 Å². The first kappa shape index (κ1) is 15.8. The molecule has 0 amide bonds. The van der Waals surface area contributed by atoms with Crippen molar-refractivity contribution < 1.29 is 14.2 Å². The maximum absolute atomic E-state index is 5.36. The van der Waals surface area contributed by atoms with Crippen molar-refractivity contribution >= 4 is 0 Å². The molecule has 0 aliphatic carbocycles. The van der Waals surface area contributed by atoms with E-state index in [1.165, 1.54) is 12.8 Å². The topological polar surface area (TPSA) is 39.7 Å². The lowest BCUT2D eigenvalue weighted by Crippen LogP contribution is -2.15. The maximum Gasteiger partial charge on any atom is 0.127 e. The summed E-state index contributed by atoms with van der Waals surface area (Å²) in [6.45, 7) is 2.68. The van der Waals surface area contributed by atoms with Gasteiger partial charge in [0.1, 0.15) is 11.5 Å². The number of nitrogens with one attached hydrogen (secondary N) is 1. The summed E-state index contributed by atoms with van der Waals surface area (Å²) in [6, 6.07) is 5.91. The first-order valence-electron chi connectivity index (χ1n) is 6.72. The molecule has 1 N–H and O–H groups in total. The van der Waals surface area contributed by atoms with Crippen molar-refractivity contribution in [2.24, 2.45) is 0 Å². The Morgan fingerprint density at radius 1 is 1.00 bits per heavy atom. The molecule has 19 heavy (non-hydrogen) atoms. The Bertz CT molecular complexity index is 355. The summed E-state index contributed by atoms with van der Waals surface area (Å²) in [6.07, 6.45) is 3.49. The monoisotopic (exact) mass is 267 g/mol. The molecule has 0 saturated carbocycles. The maximum atomic E-state index is 5.36. The summed E-state index contributed by atoms with van der Waals surface area (Å²) >= 11 is 0. The molecule has 0 aliphatic heterocycles. The fourth-order valence-corrected chi connectivity index (χ4v) is 1.89. The molecule has 0 aromatic heterocycles. The highest BCUT2D eigenvalue weighted by molar-refractivity contribution is 5.40. The van der Waals surface area contributed by atoms with Crippen LogP contribution in [0, 0.1) is 0 Å². The molecule has 0 spiro atoms. The Labute approximate surface area is 116 Å². The number of benzene rings is 1. The van der Waals surface area contributed by atoms with Gasteiger partial charge in [-0.25, -0.2) is 0 Å². The van der Waals surface area contributed by atoms with E-state index in [2.05, 4.69) is 5.32 Å². The first-order chi connectivity index (χ1) is 9.31. The van der Waals surface area contributed by atoms with Gasteiger partial charge in [0.2, 0.25) is 0 Å². The number of ether oxygens (including phenoxy) is 3. The number of hydrogen-bond acceptors (Lipinski definition) is 4. The summed E-state index contributed by atoms with van der Waals surface area (Å²) in [5.74, 6) is 1.69. The summed E-state index contributed by atoms with van der Waals surface area (Å²) in [7, 11) is 5.09. The van der Waals surface area contributed by atoms with E-state index in [1.54, 1.807) is 21.3 Å². The Balaban J connectivity index is 2.28. The van der Waals surface area contributed by atoms with E-state index < -0.39 is 0 Å². The van der Waals surface area contributed by atoms with Crippen molar-refractivity contribution in [1.29, 1.82) is 0 Å². The molecule has 0 fully saturated rings. The van der Waals surface area contributed by atoms with Gasteiger partial charge >= 0.3 is 0 Å². The SMILES string of the molecule is COCCCCCNCc1ccc(OC)cc1OC. The summed E-state index contributed by atoms with van der Waals surface area (Å²) in [5.41, 5.74) is 1.15. The molecule has 0 heterocycles. The number of methoxy groups -OCH3 is 3. The van der Waals surface area contributed by atoms with E-state index in [1.807, 2.05) is 18.2 Å². The van der Waals surface area contributed by atoms with Gasteiger partial charge in [-0.05, 0) is 31.9 Å². The van der Waals surface area contributed by atoms with E-state index in [0.717, 1.165) is 43.2 Å². The lowest BCUT2D eigenvalue weighted by atomic mass is 10.2. The summed E-state index contributed by atoms with van der Waals surface area (Å²) in [4.78, 5) is 0. The van der Waals surface area contributed by atoms with Gasteiger partial charge in [-0.1, -0.05) is 6.07 Å². The third-order valence-electron chi connectivity index (χ3n) is 3.01. The van der Waals surface area contributed by atoms with Crippen LogP contribution in [0.1, 0.15) is 24.8 Å². The Hall–Kier alpha value is -1.26. The fourth-order valence-electron chi connectivity index (χ4n) is 1.89. The van der Waals surface area contributed by atoms with Gasteiger partial charge in [-0.15, -0.1) is 0 Å². The molecule has 0 unspecified atom stereocenters. The largest absolute Gasteiger partial charge is 0.497 e. The normalized spacial score (nSPS) is 10.5. The van der Waals surface area contributed by atoms with Crippen LogP contribution in [-0.4, -0.2) is 34.5 Å². The highest BCUT2D eigenvalue weighted by atomic mass is 16.5. The Morgan fingerprint density at radius 3 is 2.53 bits per heavy atom. The van der Waals surface area contributed by atoms with Crippen molar-refractivity contribution in [3.8, 4) is 11.5 Å². The average Bonchev–Trinajstić information content (AvgIpc) is 2.46. The van der Waals surface area contributed by atoms with Crippen LogP contribution in [0.4, 0.5) is 0 Å². The van der Waals surface area contributed by atoms with Gasteiger partial charge in [-0.2, -0.15) is 0 Å². The molecular weight excluding hydrogens is 242 g/mol. The molecule has 0 aliphatic rings. The number of hydrogen-bond donors (Lipinski definition) is 1. The molecular formula is C15H25NO3. The van der Waals surface area contributed by atoms with Crippen molar-refractivity contribution in [1.82, 2.24) is 5.32 Å². The molecule has 0 saturated heterocycles. The van der Waals surface area contributed by atoms with Crippen LogP contribution in [0.5, 0.6) is 11.5 Å². The third kappa shape index (κ3) is 5.94. The second kappa shape index (κ2) is 9.64. The summed E-state index contributed by atoms with van der Waals surface area (Å²) < 4.78 is 15.6. The standard InChI is InChI=1S/C15H25NO3/c1-17-10-6-4-5-9-16-12-13-7-8-14(18-2)11-15(13)19-3/h7-8,11,16H,4-6,9-10,12H2,1-3H3. The first-order valence-corrected chi connectivity index (χ1v) is 6.72. The lowest BCUT2D eigenvalue weighted by Gasteiger charge is -2.11. The van der Waals surface area contributed by atoms with Gasteiger partial charge in [0.25, 0.3) is 0 Å². The van der Waals surface area contributed by atoms with Crippen LogP contribution in [0.25, 0.3) is 0 Å². The molecule has 4 nitrogen and oxygen atoms in total. The fraction of sp³-hybridized carbons (Fsp3) is 0.600. The lowest BCUT2D eigenvalue weighted by molar-refractivity contribution is 0.192. The van der Waals surface area contributed by atoms with Crippen molar-refractivity contribution in [3.63, 3.8) is 0 Å². The second-order valence-corrected chi connectivity index (χ2v) is 4.41. The van der Waals surface area contributed by atoms with Crippen LogP contribution in [0.15, 0.2) is 18.2 Å². The van der Waals surface area contributed by atoms with Crippen molar-refractivity contribution in [2.45, 2.75) is 25.8 Å². The van der Waals surface area contributed by atoms with Gasteiger partial charge in [0.05, 0.1) is 14.2 Å². The molecule has 4 heteroatoms.